The monoisotopic (exact) mass is 235 g/mol. The number of halogens is 1. The van der Waals surface area contributed by atoms with Crippen LogP contribution < -0.4 is 5.46 Å². The zero-order valence-corrected chi connectivity index (χ0v) is 9.13. The van der Waals surface area contributed by atoms with Gasteiger partial charge >= 0.3 is 0 Å². The molecule has 1 aromatic heterocycles. The molecule has 2 N–H and O–H groups in total. The zero-order chi connectivity index (χ0) is 11.9. The lowest BCUT2D eigenvalue weighted by molar-refractivity contribution is -0.108. The van der Waals surface area contributed by atoms with E-state index >= 15 is 0 Å². The number of aromatic amines is 1. The van der Waals surface area contributed by atoms with Crippen molar-refractivity contribution in [2.45, 2.75) is 0 Å². The Balaban J connectivity index is 2.78. The van der Waals surface area contributed by atoms with Gasteiger partial charge in [0.15, 0.2) is 0 Å². The van der Waals surface area contributed by atoms with Gasteiger partial charge in [-0.2, -0.15) is 0 Å². The molecule has 0 aliphatic carbocycles. The third kappa shape index (κ3) is 1.49. The number of hydrogen-bond acceptors (Lipinski definition) is 3. The Kier molecular flexibility index (Phi) is 2.48. The highest BCUT2D eigenvalue weighted by Crippen LogP contribution is 2.26. The standard InChI is InChI=1S/C10H7BClNO3/c11-5-1-2-6(14)7-4(3-13-8(5)7)9(15)10(12)16/h1-3,13-14H,11H2. The number of ketones is 1. The summed E-state index contributed by atoms with van der Waals surface area (Å²) in [6.45, 7) is 0. The van der Waals surface area contributed by atoms with E-state index < -0.39 is 11.0 Å². The average molecular weight is 235 g/mol. The Hall–Kier alpha value is -1.75. The van der Waals surface area contributed by atoms with Crippen molar-refractivity contribution >= 4 is 46.8 Å². The number of rotatable bonds is 2. The summed E-state index contributed by atoms with van der Waals surface area (Å²) in [5.41, 5.74) is 1.59. The van der Waals surface area contributed by atoms with Crippen molar-refractivity contribution in [3.8, 4) is 5.75 Å². The maximum Gasteiger partial charge on any atom is 0.293 e. The van der Waals surface area contributed by atoms with Gasteiger partial charge in [-0.25, -0.2) is 0 Å². The molecule has 1 heterocycles. The predicted octanol–water partition coefficient (Wildman–Crippen LogP) is 0.0800. The number of aromatic nitrogens is 1. The van der Waals surface area contributed by atoms with Gasteiger partial charge in [0, 0.05) is 11.7 Å². The second kappa shape index (κ2) is 3.68. The fraction of sp³-hybridized carbons (Fsp3) is 0. The SMILES string of the molecule is Bc1ccc(O)c2c(C(=O)C(=O)Cl)c[nH]c12. The van der Waals surface area contributed by atoms with Crippen LogP contribution in [-0.4, -0.2) is 29.0 Å². The van der Waals surface area contributed by atoms with Crippen LogP contribution in [0.1, 0.15) is 10.4 Å². The van der Waals surface area contributed by atoms with Crippen LogP contribution >= 0.6 is 11.6 Å². The third-order valence-electron chi connectivity index (χ3n) is 2.45. The van der Waals surface area contributed by atoms with E-state index in [1.165, 1.54) is 12.3 Å². The van der Waals surface area contributed by atoms with Gasteiger partial charge in [0.05, 0.1) is 10.9 Å². The van der Waals surface area contributed by atoms with E-state index in [-0.39, 0.29) is 11.3 Å². The smallest absolute Gasteiger partial charge is 0.293 e. The van der Waals surface area contributed by atoms with Crippen molar-refractivity contribution in [1.82, 2.24) is 4.98 Å². The number of carbonyl (C=O) groups is 2. The minimum Gasteiger partial charge on any atom is -0.507 e. The molecule has 6 heteroatoms. The number of benzene rings is 1. The Bertz CT molecular complexity index is 605. The second-order valence-corrected chi connectivity index (χ2v) is 3.80. The van der Waals surface area contributed by atoms with E-state index in [0.29, 0.717) is 10.9 Å². The van der Waals surface area contributed by atoms with Crippen LogP contribution in [0.15, 0.2) is 18.3 Å². The summed E-state index contributed by atoms with van der Waals surface area (Å²) in [6.07, 6.45) is 1.38. The lowest BCUT2D eigenvalue weighted by Gasteiger charge is -2.00. The highest BCUT2D eigenvalue weighted by molar-refractivity contribution is 6.83. The zero-order valence-electron chi connectivity index (χ0n) is 8.37. The average Bonchev–Trinajstić information content (AvgIpc) is 2.67. The normalized spacial score (nSPS) is 10.6. The molecule has 0 unspecified atom stereocenters. The van der Waals surface area contributed by atoms with Gasteiger partial charge in [-0.15, -0.1) is 0 Å². The lowest BCUT2D eigenvalue weighted by Crippen LogP contribution is -2.07. The van der Waals surface area contributed by atoms with Crippen molar-refractivity contribution in [1.29, 1.82) is 0 Å². The summed E-state index contributed by atoms with van der Waals surface area (Å²) in [7, 11) is 1.83. The lowest BCUT2D eigenvalue weighted by atomic mass is 9.92. The van der Waals surface area contributed by atoms with Gasteiger partial charge in [0.25, 0.3) is 5.24 Å². The Morgan fingerprint density at radius 3 is 2.69 bits per heavy atom. The van der Waals surface area contributed by atoms with E-state index in [2.05, 4.69) is 4.98 Å². The third-order valence-corrected chi connectivity index (χ3v) is 2.62. The number of phenols is 1. The molecule has 16 heavy (non-hydrogen) atoms. The van der Waals surface area contributed by atoms with Gasteiger partial charge < -0.3 is 10.1 Å². The van der Waals surface area contributed by atoms with Crippen LogP contribution in [0.3, 0.4) is 0 Å². The summed E-state index contributed by atoms with van der Waals surface area (Å²) in [5.74, 6) is -0.878. The van der Waals surface area contributed by atoms with Gasteiger partial charge in [-0.3, -0.25) is 9.59 Å². The highest BCUT2D eigenvalue weighted by Gasteiger charge is 2.20. The minimum absolute atomic E-state index is 0.0527. The second-order valence-electron chi connectivity index (χ2n) is 3.46. The summed E-state index contributed by atoms with van der Waals surface area (Å²) < 4.78 is 0. The quantitative estimate of drug-likeness (QED) is 0.335. The van der Waals surface area contributed by atoms with Gasteiger partial charge in [-0.1, -0.05) is 11.5 Å². The maximum absolute atomic E-state index is 11.5. The molecule has 0 atom stereocenters. The summed E-state index contributed by atoms with van der Waals surface area (Å²) >= 11 is 5.13. The van der Waals surface area contributed by atoms with Crippen LogP contribution in [0.5, 0.6) is 5.75 Å². The van der Waals surface area contributed by atoms with Gasteiger partial charge in [0.2, 0.25) is 5.78 Å². The first-order chi connectivity index (χ1) is 7.52. The predicted molar refractivity (Wildman–Crippen MR) is 63.3 cm³/mol. The molecule has 0 bridgehead atoms. The molecule has 0 aliphatic heterocycles. The molecule has 0 radical (unpaired) electrons. The Morgan fingerprint density at radius 1 is 1.38 bits per heavy atom. The molecule has 2 rings (SSSR count). The fourth-order valence-electron chi connectivity index (χ4n) is 1.66. The number of hydrogen-bond donors (Lipinski definition) is 2. The van der Waals surface area contributed by atoms with Crippen LogP contribution in [0, 0.1) is 0 Å². The van der Waals surface area contributed by atoms with Crippen molar-refractivity contribution in [3.63, 3.8) is 0 Å². The molecule has 0 fully saturated rings. The number of fused-ring (bicyclic) bond motifs is 1. The van der Waals surface area contributed by atoms with Gasteiger partial charge in [0.1, 0.15) is 13.6 Å². The number of phenolic OH excluding ortho intramolecular Hbond substituents is 1. The molecule has 0 aliphatic rings. The molecule has 80 valence electrons. The first-order valence-electron chi connectivity index (χ1n) is 4.56. The van der Waals surface area contributed by atoms with Crippen LogP contribution in [0.2, 0.25) is 0 Å². The van der Waals surface area contributed by atoms with E-state index in [0.717, 1.165) is 5.46 Å². The molecule has 0 amide bonds. The van der Waals surface area contributed by atoms with E-state index in [9.17, 15) is 14.7 Å². The Morgan fingerprint density at radius 2 is 2.06 bits per heavy atom. The van der Waals surface area contributed by atoms with Crippen molar-refractivity contribution in [2.24, 2.45) is 0 Å². The molecule has 0 spiro atoms. The van der Waals surface area contributed by atoms with E-state index in [1.54, 1.807) is 6.07 Å². The summed E-state index contributed by atoms with van der Waals surface area (Å²) in [6, 6.07) is 3.19. The number of nitrogens with one attached hydrogen (secondary N) is 1. The molecule has 0 saturated carbocycles. The molecule has 1 aromatic carbocycles. The minimum atomic E-state index is -1.07. The van der Waals surface area contributed by atoms with Crippen molar-refractivity contribution in [3.05, 3.63) is 23.9 Å². The van der Waals surface area contributed by atoms with Crippen LogP contribution in [-0.2, 0) is 4.79 Å². The molecule has 2 aromatic rings. The number of Topliss-reactive ketones (excluding diaryl/α,β-unsaturated/α-hetero) is 1. The van der Waals surface area contributed by atoms with E-state index in [4.69, 9.17) is 11.6 Å². The number of carbonyl (C=O) groups excluding carboxylic acids is 2. The fourth-order valence-corrected chi connectivity index (χ4v) is 1.76. The van der Waals surface area contributed by atoms with Crippen molar-refractivity contribution < 1.29 is 14.7 Å². The molecule has 4 nitrogen and oxygen atoms in total. The topological polar surface area (TPSA) is 70.2 Å². The molecule has 0 saturated heterocycles. The van der Waals surface area contributed by atoms with Crippen LogP contribution in [0.25, 0.3) is 10.9 Å². The Labute approximate surface area is 96.6 Å². The summed E-state index contributed by atoms with van der Waals surface area (Å²) in [5, 5.41) is 8.93. The summed E-state index contributed by atoms with van der Waals surface area (Å²) in [4.78, 5) is 25.1. The van der Waals surface area contributed by atoms with E-state index in [1.807, 2.05) is 7.85 Å². The van der Waals surface area contributed by atoms with Crippen LogP contribution in [0.4, 0.5) is 0 Å². The first kappa shape index (κ1) is 10.8. The largest absolute Gasteiger partial charge is 0.507 e. The van der Waals surface area contributed by atoms with Crippen molar-refractivity contribution in [2.75, 3.05) is 0 Å². The first-order valence-corrected chi connectivity index (χ1v) is 4.94. The molecular formula is C10H7BClNO3. The molecular weight excluding hydrogens is 228 g/mol. The highest BCUT2D eigenvalue weighted by atomic mass is 35.5. The maximum atomic E-state index is 11.5. The number of H-pyrrole nitrogens is 1. The number of aromatic hydroxyl groups is 1. The van der Waals surface area contributed by atoms with Gasteiger partial charge in [-0.05, 0) is 17.7 Å².